The van der Waals surface area contributed by atoms with Crippen molar-refractivity contribution in [2.75, 3.05) is 0 Å². The van der Waals surface area contributed by atoms with Crippen LogP contribution in [0, 0.1) is 20.2 Å². The van der Waals surface area contributed by atoms with Crippen molar-refractivity contribution in [2.24, 2.45) is 0 Å². The van der Waals surface area contributed by atoms with Gasteiger partial charge in [-0.1, -0.05) is 12.2 Å². The second kappa shape index (κ2) is 8.75. The summed E-state index contributed by atoms with van der Waals surface area (Å²) < 4.78 is 22.5. The third-order valence-electron chi connectivity index (χ3n) is 3.64. The monoisotopic (exact) mass is 432 g/mol. The van der Waals surface area contributed by atoms with Crippen LogP contribution in [0.1, 0.15) is 13.8 Å². The highest BCUT2D eigenvalue weighted by molar-refractivity contribution is 8.79. The molecule has 0 aromatic carbocycles. The number of hydrogen-bond acceptors (Lipinski definition) is 8. The molecule has 2 rings (SSSR count). The van der Waals surface area contributed by atoms with Crippen molar-refractivity contribution in [3.8, 4) is 0 Å². The minimum absolute atomic E-state index is 0.0774. The van der Waals surface area contributed by atoms with Gasteiger partial charge in [-0.2, -0.15) is 0 Å². The van der Waals surface area contributed by atoms with Crippen molar-refractivity contribution >= 4 is 53.8 Å². The number of rotatable bonds is 5. The SMILES string of the molecule is CC1=CC=C(SSC2=CC=C(C)C(=S=O)C2[N+](=O)[O-])C([N+](=O)[O-])C1=S=O. The fourth-order valence-corrected chi connectivity index (χ4v) is 5.96. The summed E-state index contributed by atoms with van der Waals surface area (Å²) in [5.41, 5.74) is 1.05. The van der Waals surface area contributed by atoms with E-state index in [1.165, 1.54) is 0 Å². The van der Waals surface area contributed by atoms with Crippen molar-refractivity contribution < 1.29 is 18.3 Å². The van der Waals surface area contributed by atoms with Crippen molar-refractivity contribution in [1.29, 1.82) is 0 Å². The molecule has 0 spiro atoms. The molecule has 2 aliphatic carbocycles. The minimum atomic E-state index is -1.28. The molecule has 2 aliphatic rings. The van der Waals surface area contributed by atoms with Crippen LogP contribution in [0.4, 0.5) is 0 Å². The Labute approximate surface area is 163 Å². The van der Waals surface area contributed by atoms with Gasteiger partial charge in [-0.15, -0.1) is 0 Å². The molecule has 0 radical (unpaired) electrons. The summed E-state index contributed by atoms with van der Waals surface area (Å²) in [4.78, 5) is 22.5. The first-order valence-corrected chi connectivity index (χ1v) is 10.7. The van der Waals surface area contributed by atoms with Gasteiger partial charge < -0.3 is 0 Å². The Morgan fingerprint density at radius 1 is 0.769 bits per heavy atom. The van der Waals surface area contributed by atoms with Gasteiger partial charge in [-0.05, 0) is 58.7 Å². The maximum atomic E-state index is 11.4. The van der Waals surface area contributed by atoms with Crippen molar-refractivity contribution in [2.45, 2.75) is 25.9 Å². The summed E-state index contributed by atoms with van der Waals surface area (Å²) in [7, 11) is 1.98. The van der Waals surface area contributed by atoms with Gasteiger partial charge in [-0.25, -0.2) is 8.42 Å². The molecule has 0 aliphatic heterocycles. The zero-order valence-electron chi connectivity index (χ0n) is 13.4. The van der Waals surface area contributed by atoms with Gasteiger partial charge in [0.1, 0.15) is 32.2 Å². The van der Waals surface area contributed by atoms with E-state index in [1.807, 2.05) is 0 Å². The largest absolute Gasteiger partial charge is 0.282 e. The van der Waals surface area contributed by atoms with Crippen LogP contribution < -0.4 is 0 Å². The Morgan fingerprint density at radius 3 is 1.38 bits per heavy atom. The van der Waals surface area contributed by atoms with E-state index >= 15 is 0 Å². The zero-order valence-corrected chi connectivity index (χ0v) is 16.7. The summed E-state index contributed by atoms with van der Waals surface area (Å²) in [5, 5.41) is 22.8. The normalized spacial score (nSPS) is 22.7. The Hall–Kier alpha value is -1.76. The lowest BCUT2D eigenvalue weighted by atomic mass is 10.0. The lowest BCUT2D eigenvalue weighted by Gasteiger charge is -2.20. The number of nitrogens with zero attached hydrogens (tertiary/aromatic N) is 2. The van der Waals surface area contributed by atoms with Crippen LogP contribution in [0.2, 0.25) is 0 Å². The highest BCUT2D eigenvalue weighted by Gasteiger charge is 2.38. The van der Waals surface area contributed by atoms with Crippen LogP contribution in [-0.4, -0.2) is 40.1 Å². The van der Waals surface area contributed by atoms with E-state index in [-0.39, 0.29) is 32.2 Å². The number of hydrogen-bond donors (Lipinski definition) is 0. The minimum Gasteiger partial charge on any atom is -0.263 e. The molecule has 2 unspecified atom stereocenters. The lowest BCUT2D eigenvalue weighted by molar-refractivity contribution is -0.491. The Balaban J connectivity index is 2.32. The van der Waals surface area contributed by atoms with Crippen LogP contribution in [0.5, 0.6) is 0 Å². The molecule has 12 heteroatoms. The molecule has 0 aromatic heterocycles. The van der Waals surface area contributed by atoms with Crippen molar-refractivity contribution in [1.82, 2.24) is 0 Å². The van der Waals surface area contributed by atoms with E-state index in [0.717, 1.165) is 21.6 Å². The average molecular weight is 433 g/mol. The first-order chi connectivity index (χ1) is 12.3. The molecule has 0 aromatic rings. The second-order valence-electron chi connectivity index (χ2n) is 5.28. The smallest absolute Gasteiger partial charge is 0.263 e. The van der Waals surface area contributed by atoms with E-state index in [2.05, 4.69) is 0 Å². The fourth-order valence-electron chi connectivity index (χ4n) is 2.32. The van der Waals surface area contributed by atoms with E-state index in [1.54, 1.807) is 38.2 Å². The Kier molecular flexibility index (Phi) is 6.92. The molecule has 26 heavy (non-hydrogen) atoms. The number of nitro groups is 2. The molecule has 8 nitrogen and oxygen atoms in total. The zero-order chi connectivity index (χ0) is 19.4. The van der Waals surface area contributed by atoms with Crippen LogP contribution in [0.25, 0.3) is 0 Å². The third kappa shape index (κ3) is 4.14. The predicted octanol–water partition coefficient (Wildman–Crippen LogP) is 2.12. The van der Waals surface area contributed by atoms with Crippen molar-refractivity contribution in [3.63, 3.8) is 0 Å². The van der Waals surface area contributed by atoms with Crippen LogP contribution in [0.15, 0.2) is 45.3 Å². The van der Waals surface area contributed by atoms with Crippen LogP contribution >= 0.6 is 21.6 Å². The molecule has 0 fully saturated rings. The van der Waals surface area contributed by atoms with Crippen LogP contribution in [-0.2, 0) is 22.5 Å². The summed E-state index contributed by atoms with van der Waals surface area (Å²) in [6.45, 7) is 3.24. The predicted molar refractivity (Wildman–Crippen MR) is 107 cm³/mol. The molecular formula is C14H12N2O6S4. The summed E-state index contributed by atoms with van der Waals surface area (Å²) >= 11 is 0.155. The van der Waals surface area contributed by atoms with Crippen LogP contribution in [0.3, 0.4) is 0 Å². The summed E-state index contributed by atoms with van der Waals surface area (Å²) in [5.74, 6) is 0. The standard InChI is InChI=1S/C14H12N2O6S4/c1-7-3-5-9(11(15(17)18)13(7)23-21)25-26-10-6-4-8(2)14(24-22)12(10)16(19)20/h3-6,11-12H,1-2H3. The highest BCUT2D eigenvalue weighted by Crippen LogP contribution is 2.43. The molecule has 2 atom stereocenters. The molecular weight excluding hydrogens is 420 g/mol. The van der Waals surface area contributed by atoms with Gasteiger partial charge in [0, 0.05) is 9.85 Å². The highest BCUT2D eigenvalue weighted by atomic mass is 33.1. The third-order valence-corrected chi connectivity index (χ3v) is 7.68. The Morgan fingerprint density at radius 2 is 1.12 bits per heavy atom. The van der Waals surface area contributed by atoms with Gasteiger partial charge in [0.15, 0.2) is 0 Å². The van der Waals surface area contributed by atoms with E-state index < -0.39 is 21.9 Å². The summed E-state index contributed by atoms with van der Waals surface area (Å²) in [6.07, 6.45) is 6.30. The van der Waals surface area contributed by atoms with Crippen molar-refractivity contribution in [3.05, 3.63) is 65.5 Å². The molecule has 0 saturated carbocycles. The maximum Gasteiger partial charge on any atom is 0.282 e. The molecule has 0 saturated heterocycles. The first-order valence-electron chi connectivity index (χ1n) is 7.04. The first kappa shape index (κ1) is 20.6. The quantitative estimate of drug-likeness (QED) is 0.280. The van der Waals surface area contributed by atoms with Gasteiger partial charge in [0.05, 0.1) is 9.81 Å². The van der Waals surface area contributed by atoms with E-state index in [4.69, 9.17) is 0 Å². The number of allylic oxidation sites excluding steroid dienone is 4. The van der Waals surface area contributed by atoms with E-state index in [9.17, 15) is 28.6 Å². The van der Waals surface area contributed by atoms with Gasteiger partial charge in [0.2, 0.25) is 0 Å². The molecule has 0 bridgehead atoms. The second-order valence-corrected chi connectivity index (χ2v) is 8.76. The van der Waals surface area contributed by atoms with Gasteiger partial charge in [-0.3, -0.25) is 20.2 Å². The molecule has 0 amide bonds. The lowest BCUT2D eigenvalue weighted by Crippen LogP contribution is -2.34. The van der Waals surface area contributed by atoms with Gasteiger partial charge >= 0.3 is 0 Å². The molecule has 0 N–H and O–H groups in total. The maximum absolute atomic E-state index is 11.4. The molecule has 138 valence electrons. The average Bonchev–Trinajstić information content (AvgIpc) is 2.60. The van der Waals surface area contributed by atoms with Gasteiger partial charge in [0.25, 0.3) is 12.1 Å². The topological polar surface area (TPSA) is 120 Å². The molecule has 0 heterocycles. The summed E-state index contributed by atoms with van der Waals surface area (Å²) in [6, 6.07) is -2.57. The van der Waals surface area contributed by atoms with E-state index in [0.29, 0.717) is 21.0 Å². The Bertz CT molecular complexity index is 832. The fraction of sp³-hybridized carbons (Fsp3) is 0.286.